The van der Waals surface area contributed by atoms with Crippen molar-refractivity contribution in [3.8, 4) is 0 Å². The van der Waals surface area contributed by atoms with Gasteiger partial charge in [0.25, 0.3) is 0 Å². The number of anilines is 1. The van der Waals surface area contributed by atoms with E-state index in [9.17, 15) is 23.9 Å². The molecule has 1 aliphatic carbocycles. The highest BCUT2D eigenvalue weighted by atomic mass is 19.1. The molecule has 140 valence electrons. The molecule has 6 nitrogen and oxygen atoms in total. The molecule has 1 aromatic carbocycles. The maximum Gasteiger partial charge on any atom is 0.329 e. The molecule has 1 aromatic rings. The van der Waals surface area contributed by atoms with E-state index in [1.165, 1.54) is 17.0 Å². The lowest BCUT2D eigenvalue weighted by atomic mass is 9.81. The number of rotatable bonds is 4. The van der Waals surface area contributed by atoms with Gasteiger partial charge in [-0.15, -0.1) is 0 Å². The molecule has 2 aliphatic rings. The largest absolute Gasteiger partial charge is 0.480 e. The van der Waals surface area contributed by atoms with Gasteiger partial charge in [0, 0.05) is 13.0 Å². The van der Waals surface area contributed by atoms with Gasteiger partial charge in [-0.2, -0.15) is 0 Å². The highest BCUT2D eigenvalue weighted by Gasteiger charge is 2.44. The van der Waals surface area contributed by atoms with Crippen molar-refractivity contribution >= 4 is 23.5 Å². The maximum atomic E-state index is 14.2. The van der Waals surface area contributed by atoms with E-state index in [1.54, 1.807) is 13.0 Å². The molecule has 2 fully saturated rings. The van der Waals surface area contributed by atoms with Crippen LogP contribution in [0.1, 0.15) is 44.1 Å². The summed E-state index contributed by atoms with van der Waals surface area (Å²) in [5, 5.41) is 12.3. The summed E-state index contributed by atoms with van der Waals surface area (Å²) in [5.41, 5.74) is -0.352. The topological polar surface area (TPSA) is 86.7 Å². The van der Waals surface area contributed by atoms with Gasteiger partial charge in [-0.05, 0) is 37.5 Å². The first-order valence-corrected chi connectivity index (χ1v) is 8.94. The number of carbonyl (C=O) groups is 3. The third kappa shape index (κ3) is 3.43. The summed E-state index contributed by atoms with van der Waals surface area (Å²) in [5.74, 6) is -3.00. The van der Waals surface area contributed by atoms with E-state index in [4.69, 9.17) is 0 Å². The predicted octanol–water partition coefficient (Wildman–Crippen LogP) is 2.39. The van der Waals surface area contributed by atoms with Crippen LogP contribution in [0.3, 0.4) is 0 Å². The highest BCUT2D eigenvalue weighted by Crippen LogP contribution is 2.31. The molecule has 7 heteroatoms. The third-order valence-electron chi connectivity index (χ3n) is 5.37. The molecule has 2 amide bonds. The lowest BCUT2D eigenvalue weighted by Crippen LogP contribution is -2.57. The molecule has 1 aliphatic heterocycles. The molecule has 0 radical (unpaired) electrons. The van der Waals surface area contributed by atoms with Crippen LogP contribution in [0.15, 0.2) is 18.2 Å². The van der Waals surface area contributed by atoms with Crippen LogP contribution in [0.4, 0.5) is 10.1 Å². The van der Waals surface area contributed by atoms with Crippen molar-refractivity contribution in [1.82, 2.24) is 5.32 Å². The average Bonchev–Trinajstić information content (AvgIpc) is 2.97. The molecule has 1 heterocycles. The second-order valence-electron chi connectivity index (χ2n) is 7.30. The zero-order chi connectivity index (χ0) is 18.9. The smallest absolute Gasteiger partial charge is 0.329 e. The first kappa shape index (κ1) is 18.4. The molecule has 2 N–H and O–H groups in total. The number of amides is 2. The van der Waals surface area contributed by atoms with Gasteiger partial charge >= 0.3 is 5.97 Å². The lowest BCUT2D eigenvalue weighted by molar-refractivity contribution is -0.149. The fourth-order valence-electron chi connectivity index (χ4n) is 3.83. The van der Waals surface area contributed by atoms with Crippen molar-refractivity contribution in [2.45, 2.75) is 51.0 Å². The van der Waals surface area contributed by atoms with Crippen molar-refractivity contribution in [1.29, 1.82) is 0 Å². The molecular formula is C19H23FN2O4. The molecule has 0 aromatic heterocycles. The number of carbonyl (C=O) groups excluding carboxylic acids is 2. The number of aliphatic carboxylic acids is 1. The standard InChI is InChI=1S/C19H23FN2O4/c1-12-5-6-15(14(20)9-12)22-11-13(10-16(22)23)17(24)21-19(18(25)26)7-3-2-4-8-19/h5-6,9,13H,2-4,7-8,10-11H2,1H3,(H,21,24)(H,25,26). The van der Waals surface area contributed by atoms with Gasteiger partial charge in [-0.3, -0.25) is 9.59 Å². The Kier molecular flexibility index (Phi) is 4.98. The second-order valence-corrected chi connectivity index (χ2v) is 7.30. The quantitative estimate of drug-likeness (QED) is 0.861. The summed E-state index contributed by atoms with van der Waals surface area (Å²) in [7, 11) is 0. The number of hydrogen-bond donors (Lipinski definition) is 2. The highest BCUT2D eigenvalue weighted by molar-refractivity contribution is 6.01. The number of benzene rings is 1. The Balaban J connectivity index is 1.73. The van der Waals surface area contributed by atoms with Crippen LogP contribution in [0, 0.1) is 18.7 Å². The zero-order valence-electron chi connectivity index (χ0n) is 14.8. The van der Waals surface area contributed by atoms with E-state index >= 15 is 0 Å². The summed E-state index contributed by atoms with van der Waals surface area (Å²) >= 11 is 0. The minimum absolute atomic E-state index is 0.0468. The summed E-state index contributed by atoms with van der Waals surface area (Å²) in [4.78, 5) is 37.9. The van der Waals surface area contributed by atoms with Crippen LogP contribution >= 0.6 is 0 Å². The summed E-state index contributed by atoms with van der Waals surface area (Å²) in [6.45, 7) is 1.81. The molecule has 0 spiro atoms. The van der Waals surface area contributed by atoms with Crippen molar-refractivity contribution in [2.24, 2.45) is 5.92 Å². The van der Waals surface area contributed by atoms with Crippen LogP contribution in [0.5, 0.6) is 0 Å². The maximum absolute atomic E-state index is 14.2. The number of nitrogens with one attached hydrogen (secondary N) is 1. The van der Waals surface area contributed by atoms with Gasteiger partial charge in [0.15, 0.2) is 0 Å². The molecule has 1 unspecified atom stereocenters. The van der Waals surface area contributed by atoms with Crippen molar-refractivity contribution in [2.75, 3.05) is 11.4 Å². The van der Waals surface area contributed by atoms with Gasteiger partial charge in [-0.25, -0.2) is 9.18 Å². The monoisotopic (exact) mass is 362 g/mol. The van der Waals surface area contributed by atoms with Crippen LogP contribution in [-0.4, -0.2) is 35.0 Å². The van der Waals surface area contributed by atoms with Gasteiger partial charge in [0.2, 0.25) is 11.8 Å². The number of carboxylic acid groups (broad SMARTS) is 1. The van der Waals surface area contributed by atoms with E-state index < -0.39 is 29.2 Å². The van der Waals surface area contributed by atoms with E-state index in [-0.39, 0.29) is 24.6 Å². The van der Waals surface area contributed by atoms with Gasteiger partial charge in [0.1, 0.15) is 11.4 Å². The van der Waals surface area contributed by atoms with Gasteiger partial charge in [0.05, 0.1) is 11.6 Å². The Hall–Kier alpha value is -2.44. The van der Waals surface area contributed by atoms with Crippen molar-refractivity contribution in [3.63, 3.8) is 0 Å². The average molecular weight is 362 g/mol. The first-order chi connectivity index (χ1) is 12.3. The fourth-order valence-corrected chi connectivity index (χ4v) is 3.83. The molecule has 3 rings (SSSR count). The molecule has 1 atom stereocenters. The van der Waals surface area contributed by atoms with Crippen molar-refractivity contribution < 1.29 is 23.9 Å². The summed E-state index contributed by atoms with van der Waals surface area (Å²) in [6.07, 6.45) is 3.19. The zero-order valence-corrected chi connectivity index (χ0v) is 14.8. The second kappa shape index (κ2) is 7.05. The molecular weight excluding hydrogens is 339 g/mol. The molecule has 0 bridgehead atoms. The van der Waals surface area contributed by atoms with Crippen LogP contribution in [0.25, 0.3) is 0 Å². The van der Waals surface area contributed by atoms with E-state index in [1.807, 2.05) is 0 Å². The third-order valence-corrected chi connectivity index (χ3v) is 5.37. The lowest BCUT2D eigenvalue weighted by Gasteiger charge is -2.34. The van der Waals surface area contributed by atoms with Crippen LogP contribution < -0.4 is 10.2 Å². The Morgan fingerprint density at radius 2 is 1.96 bits per heavy atom. The Morgan fingerprint density at radius 3 is 2.58 bits per heavy atom. The number of hydrogen-bond acceptors (Lipinski definition) is 3. The van der Waals surface area contributed by atoms with Gasteiger partial charge in [-0.1, -0.05) is 25.3 Å². The number of nitrogens with zero attached hydrogens (tertiary/aromatic N) is 1. The molecule has 26 heavy (non-hydrogen) atoms. The van der Waals surface area contributed by atoms with E-state index in [0.717, 1.165) is 24.8 Å². The van der Waals surface area contributed by atoms with E-state index in [2.05, 4.69) is 5.32 Å². The van der Waals surface area contributed by atoms with Crippen LogP contribution in [0.2, 0.25) is 0 Å². The first-order valence-electron chi connectivity index (χ1n) is 8.94. The summed E-state index contributed by atoms with van der Waals surface area (Å²) in [6, 6.07) is 4.58. The minimum atomic E-state index is -1.25. The predicted molar refractivity (Wildman–Crippen MR) is 93.2 cm³/mol. The molecule has 1 saturated heterocycles. The fraction of sp³-hybridized carbons (Fsp3) is 0.526. The normalized spacial score (nSPS) is 22.3. The molecule has 1 saturated carbocycles. The Labute approximate surface area is 151 Å². The Morgan fingerprint density at radius 1 is 1.27 bits per heavy atom. The van der Waals surface area contributed by atoms with Crippen LogP contribution in [-0.2, 0) is 14.4 Å². The summed E-state index contributed by atoms with van der Waals surface area (Å²) < 4.78 is 14.2. The van der Waals surface area contributed by atoms with Gasteiger partial charge < -0.3 is 15.3 Å². The number of halogens is 1. The number of aryl methyl sites for hydroxylation is 1. The Bertz CT molecular complexity index is 743. The van der Waals surface area contributed by atoms with E-state index in [0.29, 0.717) is 12.8 Å². The number of carboxylic acids is 1. The van der Waals surface area contributed by atoms with Crippen molar-refractivity contribution in [3.05, 3.63) is 29.6 Å². The SMILES string of the molecule is Cc1ccc(N2CC(C(=O)NC3(C(=O)O)CCCCC3)CC2=O)c(F)c1. The minimum Gasteiger partial charge on any atom is -0.480 e.